The highest BCUT2D eigenvalue weighted by Gasteiger charge is 2.14. The van der Waals surface area contributed by atoms with Gasteiger partial charge in [0.15, 0.2) is 0 Å². The van der Waals surface area contributed by atoms with E-state index in [9.17, 15) is 19.8 Å². The zero-order valence-electron chi connectivity index (χ0n) is 10.2. The molecule has 2 aromatic carbocycles. The topological polar surface area (TPSA) is 107 Å². The number of carbonyl (C=O) groups is 2. The van der Waals surface area contributed by atoms with Crippen LogP contribution < -0.4 is 5.32 Å². The number of nitrogens with one attached hydrogen (secondary N) is 1. The third-order valence-electron chi connectivity index (χ3n) is 2.64. The smallest absolute Gasteiger partial charge is 0.335 e. The van der Waals surface area contributed by atoms with Crippen LogP contribution in [0, 0.1) is 0 Å². The molecule has 0 spiro atoms. The maximum absolute atomic E-state index is 11.9. The van der Waals surface area contributed by atoms with Gasteiger partial charge in [0.1, 0.15) is 11.5 Å². The second kappa shape index (κ2) is 5.31. The van der Waals surface area contributed by atoms with E-state index < -0.39 is 11.9 Å². The third kappa shape index (κ3) is 2.69. The molecule has 2 rings (SSSR count). The number of aromatic hydroxyl groups is 2. The predicted octanol–water partition coefficient (Wildman–Crippen LogP) is 2.05. The van der Waals surface area contributed by atoms with Gasteiger partial charge in [-0.1, -0.05) is 12.1 Å². The summed E-state index contributed by atoms with van der Waals surface area (Å²) in [6.07, 6.45) is 0. The lowest BCUT2D eigenvalue weighted by Gasteiger charge is -2.09. The maximum atomic E-state index is 11.9. The molecule has 1 amide bonds. The van der Waals surface area contributed by atoms with Crippen molar-refractivity contribution in [1.82, 2.24) is 0 Å². The van der Waals surface area contributed by atoms with E-state index in [2.05, 4.69) is 5.32 Å². The summed E-state index contributed by atoms with van der Waals surface area (Å²) in [6.45, 7) is 0. The van der Waals surface area contributed by atoms with Crippen LogP contribution in [0.3, 0.4) is 0 Å². The number of phenols is 2. The lowest BCUT2D eigenvalue weighted by atomic mass is 10.1. The van der Waals surface area contributed by atoms with Crippen molar-refractivity contribution in [3.63, 3.8) is 0 Å². The fraction of sp³-hybridized carbons (Fsp3) is 0. The molecule has 102 valence electrons. The Labute approximate surface area is 113 Å². The SMILES string of the molecule is O=C(O)c1ccc(O)c(NC(=O)c2ccccc2O)c1. The first-order valence-corrected chi connectivity index (χ1v) is 5.64. The van der Waals surface area contributed by atoms with E-state index in [-0.39, 0.29) is 28.3 Å². The van der Waals surface area contributed by atoms with E-state index in [0.717, 1.165) is 6.07 Å². The molecule has 6 nitrogen and oxygen atoms in total. The van der Waals surface area contributed by atoms with Gasteiger partial charge in [-0.2, -0.15) is 0 Å². The van der Waals surface area contributed by atoms with E-state index in [1.807, 2.05) is 0 Å². The lowest BCUT2D eigenvalue weighted by Crippen LogP contribution is -2.12. The van der Waals surface area contributed by atoms with Crippen LogP contribution in [0.25, 0.3) is 0 Å². The fourth-order valence-corrected chi connectivity index (χ4v) is 1.62. The molecule has 20 heavy (non-hydrogen) atoms. The molecule has 0 atom stereocenters. The largest absolute Gasteiger partial charge is 0.507 e. The molecule has 0 aliphatic heterocycles. The van der Waals surface area contributed by atoms with Crippen molar-refractivity contribution in [2.75, 3.05) is 5.32 Å². The quantitative estimate of drug-likeness (QED) is 0.640. The molecular weight excluding hydrogens is 262 g/mol. The Bertz CT molecular complexity index is 681. The Kier molecular flexibility index (Phi) is 3.56. The van der Waals surface area contributed by atoms with Gasteiger partial charge in [0.2, 0.25) is 0 Å². The number of amides is 1. The van der Waals surface area contributed by atoms with Gasteiger partial charge in [0.05, 0.1) is 16.8 Å². The van der Waals surface area contributed by atoms with Crippen molar-refractivity contribution in [2.45, 2.75) is 0 Å². The zero-order chi connectivity index (χ0) is 14.7. The van der Waals surface area contributed by atoms with E-state index in [0.29, 0.717) is 0 Å². The van der Waals surface area contributed by atoms with Crippen LogP contribution in [0.5, 0.6) is 11.5 Å². The summed E-state index contributed by atoms with van der Waals surface area (Å²) in [5, 5.41) is 30.4. The molecule has 0 unspecified atom stereocenters. The number of aromatic carboxylic acids is 1. The summed E-state index contributed by atoms with van der Waals surface area (Å²) in [5.41, 5.74) is -0.0961. The fourth-order valence-electron chi connectivity index (χ4n) is 1.62. The maximum Gasteiger partial charge on any atom is 0.335 e. The summed E-state index contributed by atoms with van der Waals surface area (Å²) in [4.78, 5) is 22.8. The summed E-state index contributed by atoms with van der Waals surface area (Å²) < 4.78 is 0. The van der Waals surface area contributed by atoms with Crippen molar-refractivity contribution in [2.24, 2.45) is 0 Å². The van der Waals surface area contributed by atoms with E-state index in [1.54, 1.807) is 12.1 Å². The Morgan fingerprint density at radius 3 is 2.30 bits per heavy atom. The number of benzene rings is 2. The molecule has 4 N–H and O–H groups in total. The molecule has 2 aromatic rings. The van der Waals surface area contributed by atoms with Crippen LogP contribution in [0.1, 0.15) is 20.7 Å². The van der Waals surface area contributed by atoms with Crippen LogP contribution in [0.4, 0.5) is 5.69 Å². The predicted molar refractivity (Wildman–Crippen MR) is 71.1 cm³/mol. The highest BCUT2D eigenvalue weighted by atomic mass is 16.4. The van der Waals surface area contributed by atoms with Crippen LogP contribution in [0.15, 0.2) is 42.5 Å². The highest BCUT2D eigenvalue weighted by Crippen LogP contribution is 2.26. The molecule has 0 bridgehead atoms. The van der Waals surface area contributed by atoms with E-state index in [1.165, 1.54) is 24.3 Å². The molecule has 0 fully saturated rings. The average molecular weight is 273 g/mol. The van der Waals surface area contributed by atoms with Crippen LogP contribution in [0.2, 0.25) is 0 Å². The van der Waals surface area contributed by atoms with Crippen LogP contribution in [-0.2, 0) is 0 Å². The van der Waals surface area contributed by atoms with Crippen LogP contribution in [-0.4, -0.2) is 27.2 Å². The number of hydrogen-bond donors (Lipinski definition) is 4. The first kappa shape index (κ1) is 13.4. The summed E-state index contributed by atoms with van der Waals surface area (Å²) in [7, 11) is 0. The second-order valence-electron chi connectivity index (χ2n) is 4.01. The first-order valence-electron chi connectivity index (χ1n) is 5.64. The molecule has 0 saturated carbocycles. The highest BCUT2D eigenvalue weighted by molar-refractivity contribution is 6.07. The number of carbonyl (C=O) groups excluding carboxylic acids is 1. The minimum absolute atomic E-state index is 0.0210. The van der Waals surface area contributed by atoms with E-state index >= 15 is 0 Å². The Morgan fingerprint density at radius 1 is 0.950 bits per heavy atom. The Morgan fingerprint density at radius 2 is 1.65 bits per heavy atom. The molecule has 6 heteroatoms. The van der Waals surface area contributed by atoms with Gasteiger partial charge in [-0.15, -0.1) is 0 Å². The lowest BCUT2D eigenvalue weighted by molar-refractivity contribution is 0.0696. The molecule has 0 aromatic heterocycles. The standard InChI is InChI=1S/C14H11NO5/c16-11-4-2-1-3-9(11)13(18)15-10-7-8(14(19)20)5-6-12(10)17/h1-7,16-17H,(H,15,18)(H,19,20). The van der Waals surface area contributed by atoms with Crippen LogP contribution >= 0.6 is 0 Å². The van der Waals surface area contributed by atoms with Gasteiger partial charge in [0.25, 0.3) is 5.91 Å². The third-order valence-corrected chi connectivity index (χ3v) is 2.64. The van der Waals surface area contributed by atoms with Gasteiger partial charge >= 0.3 is 5.97 Å². The number of carboxylic acids is 1. The van der Waals surface area contributed by atoms with Gasteiger partial charge in [-0.3, -0.25) is 4.79 Å². The number of para-hydroxylation sites is 1. The zero-order valence-corrected chi connectivity index (χ0v) is 10.2. The molecule has 0 aliphatic carbocycles. The van der Waals surface area contributed by atoms with Gasteiger partial charge in [-0.05, 0) is 30.3 Å². The molecule has 0 heterocycles. The minimum atomic E-state index is -1.18. The number of hydrogen-bond acceptors (Lipinski definition) is 4. The van der Waals surface area contributed by atoms with Crippen molar-refractivity contribution in [1.29, 1.82) is 0 Å². The van der Waals surface area contributed by atoms with Gasteiger partial charge in [-0.25, -0.2) is 4.79 Å². The van der Waals surface area contributed by atoms with Gasteiger partial charge < -0.3 is 20.6 Å². The number of carboxylic acid groups (broad SMARTS) is 1. The van der Waals surface area contributed by atoms with E-state index in [4.69, 9.17) is 5.11 Å². The van der Waals surface area contributed by atoms with Crippen molar-refractivity contribution in [3.8, 4) is 11.5 Å². The summed E-state index contributed by atoms with van der Waals surface area (Å²) in [6, 6.07) is 9.41. The first-order chi connectivity index (χ1) is 9.49. The van der Waals surface area contributed by atoms with Crippen molar-refractivity contribution >= 4 is 17.6 Å². The molecule has 0 radical (unpaired) electrons. The second-order valence-corrected chi connectivity index (χ2v) is 4.01. The Hall–Kier alpha value is -3.02. The normalized spacial score (nSPS) is 10.0. The minimum Gasteiger partial charge on any atom is -0.507 e. The van der Waals surface area contributed by atoms with Gasteiger partial charge in [0, 0.05) is 0 Å². The number of anilines is 1. The van der Waals surface area contributed by atoms with Crippen molar-refractivity contribution < 1.29 is 24.9 Å². The molecule has 0 saturated heterocycles. The monoisotopic (exact) mass is 273 g/mol. The number of rotatable bonds is 3. The average Bonchev–Trinajstić information content (AvgIpc) is 2.41. The molecular formula is C14H11NO5. The molecule has 0 aliphatic rings. The number of phenolic OH excluding ortho intramolecular Hbond substituents is 2. The summed E-state index contributed by atoms with van der Waals surface area (Å²) in [5.74, 6) is -2.30. The van der Waals surface area contributed by atoms with Crippen molar-refractivity contribution in [3.05, 3.63) is 53.6 Å². The Balaban J connectivity index is 2.30. The summed E-state index contributed by atoms with van der Waals surface area (Å²) >= 11 is 0.